The molecule has 2 amide bonds. The predicted octanol–water partition coefficient (Wildman–Crippen LogP) is 1.72. The number of anilines is 3. The SMILES string of the molecule is Nc1nsc(N2CCN(C(=O)Nc3cccc(Cn4cccn4)c3)CC2)n1. The van der Waals surface area contributed by atoms with Gasteiger partial charge in [-0.25, -0.2) is 4.79 Å². The lowest BCUT2D eigenvalue weighted by Gasteiger charge is -2.34. The average molecular weight is 384 g/mol. The molecule has 0 atom stereocenters. The van der Waals surface area contributed by atoms with Gasteiger partial charge in [0.25, 0.3) is 0 Å². The number of benzene rings is 1. The van der Waals surface area contributed by atoms with Crippen LogP contribution in [0.2, 0.25) is 0 Å². The van der Waals surface area contributed by atoms with Crippen molar-refractivity contribution in [1.82, 2.24) is 24.0 Å². The zero-order valence-corrected chi connectivity index (χ0v) is 15.5. The molecule has 1 fully saturated rings. The number of amides is 2. The molecule has 1 aromatic carbocycles. The number of carbonyl (C=O) groups is 1. The van der Waals surface area contributed by atoms with E-state index in [2.05, 4.69) is 24.7 Å². The summed E-state index contributed by atoms with van der Waals surface area (Å²) in [6, 6.07) is 9.62. The minimum atomic E-state index is -0.0948. The van der Waals surface area contributed by atoms with Crippen molar-refractivity contribution < 1.29 is 4.79 Å². The highest BCUT2D eigenvalue weighted by molar-refractivity contribution is 7.09. The Morgan fingerprint density at radius 3 is 2.78 bits per heavy atom. The van der Waals surface area contributed by atoms with E-state index in [0.717, 1.165) is 16.4 Å². The Balaban J connectivity index is 1.33. The van der Waals surface area contributed by atoms with Crippen LogP contribution in [0.3, 0.4) is 0 Å². The normalized spacial score (nSPS) is 14.4. The number of nitrogens with zero attached hydrogens (tertiary/aromatic N) is 6. The van der Waals surface area contributed by atoms with Gasteiger partial charge in [0.15, 0.2) is 0 Å². The van der Waals surface area contributed by atoms with E-state index < -0.39 is 0 Å². The van der Waals surface area contributed by atoms with Crippen LogP contribution in [0, 0.1) is 0 Å². The third-order valence-electron chi connectivity index (χ3n) is 4.35. The van der Waals surface area contributed by atoms with Crippen LogP contribution in [0.4, 0.5) is 21.6 Å². The van der Waals surface area contributed by atoms with E-state index in [1.165, 1.54) is 11.5 Å². The largest absolute Gasteiger partial charge is 0.367 e. The molecule has 0 radical (unpaired) electrons. The summed E-state index contributed by atoms with van der Waals surface area (Å²) >= 11 is 1.28. The fourth-order valence-electron chi connectivity index (χ4n) is 2.99. The molecule has 0 unspecified atom stereocenters. The van der Waals surface area contributed by atoms with Crippen molar-refractivity contribution in [1.29, 1.82) is 0 Å². The lowest BCUT2D eigenvalue weighted by Crippen LogP contribution is -2.50. The summed E-state index contributed by atoms with van der Waals surface area (Å²) in [6.45, 7) is 3.33. The first-order valence-corrected chi connectivity index (χ1v) is 9.41. The zero-order chi connectivity index (χ0) is 18.6. The molecule has 10 heteroatoms. The summed E-state index contributed by atoms with van der Waals surface area (Å²) in [4.78, 5) is 20.7. The summed E-state index contributed by atoms with van der Waals surface area (Å²) in [6.07, 6.45) is 3.66. The quantitative estimate of drug-likeness (QED) is 0.710. The lowest BCUT2D eigenvalue weighted by atomic mass is 10.2. The number of carbonyl (C=O) groups excluding carboxylic acids is 1. The summed E-state index contributed by atoms with van der Waals surface area (Å²) in [7, 11) is 0. The van der Waals surface area contributed by atoms with Crippen molar-refractivity contribution in [2.45, 2.75) is 6.54 Å². The van der Waals surface area contributed by atoms with Gasteiger partial charge in [-0.1, -0.05) is 12.1 Å². The van der Waals surface area contributed by atoms with Gasteiger partial charge in [0.05, 0.1) is 6.54 Å². The van der Waals surface area contributed by atoms with Gasteiger partial charge in [0.2, 0.25) is 11.1 Å². The molecule has 1 saturated heterocycles. The number of rotatable bonds is 4. The van der Waals surface area contributed by atoms with Crippen molar-refractivity contribution in [2.75, 3.05) is 42.1 Å². The van der Waals surface area contributed by atoms with Crippen LogP contribution in [0.15, 0.2) is 42.7 Å². The van der Waals surface area contributed by atoms with Crippen LogP contribution in [-0.4, -0.2) is 56.2 Å². The van der Waals surface area contributed by atoms with Crippen LogP contribution in [0.25, 0.3) is 0 Å². The van der Waals surface area contributed by atoms with Crippen molar-refractivity contribution in [3.05, 3.63) is 48.3 Å². The van der Waals surface area contributed by atoms with Gasteiger partial charge in [-0.2, -0.15) is 14.5 Å². The maximum atomic E-state index is 12.6. The number of urea groups is 1. The van der Waals surface area contributed by atoms with Crippen LogP contribution in [0.5, 0.6) is 0 Å². The van der Waals surface area contributed by atoms with E-state index in [4.69, 9.17) is 5.73 Å². The van der Waals surface area contributed by atoms with Crippen LogP contribution >= 0.6 is 11.5 Å². The second-order valence-corrected chi connectivity index (χ2v) is 6.97. The molecule has 140 valence electrons. The van der Waals surface area contributed by atoms with Crippen molar-refractivity contribution in [2.24, 2.45) is 0 Å². The number of nitrogen functional groups attached to an aromatic ring is 1. The molecule has 0 spiro atoms. The van der Waals surface area contributed by atoms with Gasteiger partial charge >= 0.3 is 6.03 Å². The molecule has 27 heavy (non-hydrogen) atoms. The first-order valence-electron chi connectivity index (χ1n) is 8.64. The van der Waals surface area contributed by atoms with Crippen LogP contribution < -0.4 is 16.0 Å². The topological polar surface area (TPSA) is 105 Å². The number of nitrogens with two attached hydrogens (primary N) is 1. The third-order valence-corrected chi connectivity index (χ3v) is 5.14. The first kappa shape index (κ1) is 17.3. The highest BCUT2D eigenvalue weighted by atomic mass is 32.1. The Kier molecular flexibility index (Phi) is 4.88. The van der Waals surface area contributed by atoms with Crippen molar-refractivity contribution in [3.8, 4) is 0 Å². The first-order chi connectivity index (χ1) is 13.2. The number of piperazine rings is 1. The Morgan fingerprint density at radius 1 is 1.22 bits per heavy atom. The van der Waals surface area contributed by atoms with E-state index in [-0.39, 0.29) is 6.03 Å². The van der Waals surface area contributed by atoms with Crippen molar-refractivity contribution >= 4 is 34.3 Å². The van der Waals surface area contributed by atoms with E-state index >= 15 is 0 Å². The van der Waals surface area contributed by atoms with Gasteiger partial charge in [-0.15, -0.1) is 0 Å². The Morgan fingerprint density at radius 2 is 2.07 bits per heavy atom. The Hall–Kier alpha value is -3.14. The van der Waals surface area contributed by atoms with E-state index in [9.17, 15) is 4.79 Å². The highest BCUT2D eigenvalue weighted by Gasteiger charge is 2.23. The standard InChI is InChI=1S/C17H20N8OS/c18-15-21-17(27-22-15)24-9-7-23(8-10-24)16(26)20-14-4-1-3-13(11-14)12-25-6-2-5-19-25/h1-6,11H,7-10,12H2,(H2,18,22)(H,20,26). The second-order valence-electron chi connectivity index (χ2n) is 6.24. The summed E-state index contributed by atoms with van der Waals surface area (Å²) in [5.74, 6) is 0.296. The smallest absolute Gasteiger partial charge is 0.321 e. The number of hydrogen-bond donors (Lipinski definition) is 2. The van der Waals surface area contributed by atoms with E-state index in [1.54, 1.807) is 11.1 Å². The van der Waals surface area contributed by atoms with E-state index in [0.29, 0.717) is 38.7 Å². The van der Waals surface area contributed by atoms with Gasteiger partial charge in [-0.3, -0.25) is 4.68 Å². The zero-order valence-electron chi connectivity index (χ0n) is 14.7. The molecule has 1 aliphatic rings. The van der Waals surface area contributed by atoms with Gasteiger partial charge in [0.1, 0.15) is 0 Å². The van der Waals surface area contributed by atoms with E-state index in [1.807, 2.05) is 41.2 Å². The molecule has 0 saturated carbocycles. The summed E-state index contributed by atoms with van der Waals surface area (Å²) < 4.78 is 5.85. The molecule has 9 nitrogen and oxygen atoms in total. The molecule has 2 aromatic heterocycles. The maximum absolute atomic E-state index is 12.6. The monoisotopic (exact) mass is 384 g/mol. The highest BCUT2D eigenvalue weighted by Crippen LogP contribution is 2.20. The molecule has 3 aromatic rings. The molecule has 1 aliphatic heterocycles. The molecule has 4 rings (SSSR count). The third kappa shape index (κ3) is 4.17. The average Bonchev–Trinajstić information content (AvgIpc) is 3.34. The molecular weight excluding hydrogens is 364 g/mol. The minimum Gasteiger partial charge on any atom is -0.367 e. The molecule has 3 heterocycles. The number of hydrogen-bond acceptors (Lipinski definition) is 7. The number of aromatic nitrogens is 4. The van der Waals surface area contributed by atoms with Crippen LogP contribution in [0.1, 0.15) is 5.56 Å². The fraction of sp³-hybridized carbons (Fsp3) is 0.294. The molecule has 0 aliphatic carbocycles. The van der Waals surface area contributed by atoms with Crippen molar-refractivity contribution in [3.63, 3.8) is 0 Å². The molecule has 0 bridgehead atoms. The van der Waals surface area contributed by atoms with Crippen LogP contribution in [-0.2, 0) is 6.54 Å². The summed E-state index contributed by atoms with van der Waals surface area (Å²) in [5.41, 5.74) is 7.44. The number of nitrogens with one attached hydrogen (secondary N) is 1. The van der Waals surface area contributed by atoms with Gasteiger partial charge in [-0.05, 0) is 23.8 Å². The van der Waals surface area contributed by atoms with Gasteiger partial charge in [0, 0.05) is 55.8 Å². The molecule has 3 N–H and O–H groups in total. The Bertz CT molecular complexity index is 901. The Labute approximate surface area is 160 Å². The molecular formula is C17H20N8OS. The predicted molar refractivity (Wildman–Crippen MR) is 105 cm³/mol. The lowest BCUT2D eigenvalue weighted by molar-refractivity contribution is 0.208. The minimum absolute atomic E-state index is 0.0948. The second kappa shape index (κ2) is 7.62. The fourth-order valence-corrected chi connectivity index (χ4v) is 3.64. The van der Waals surface area contributed by atoms with Gasteiger partial charge < -0.3 is 20.9 Å². The maximum Gasteiger partial charge on any atom is 0.321 e. The summed E-state index contributed by atoms with van der Waals surface area (Å²) in [5, 5.41) is 8.00.